The second kappa shape index (κ2) is 4.79. The molecular weight excluding hydrogens is 389 g/mol. The van der Waals surface area contributed by atoms with Gasteiger partial charge in [-0.25, -0.2) is 8.78 Å². The van der Waals surface area contributed by atoms with Crippen LogP contribution in [0.3, 0.4) is 0 Å². The first kappa shape index (κ1) is 12.0. The molecule has 0 N–H and O–H groups in total. The third-order valence-electron chi connectivity index (χ3n) is 2.18. The van der Waals surface area contributed by atoms with Crippen LogP contribution in [0.4, 0.5) is 8.78 Å². The van der Waals surface area contributed by atoms with Gasteiger partial charge in [0.2, 0.25) is 0 Å². The van der Waals surface area contributed by atoms with Gasteiger partial charge >= 0.3 is 0 Å². The first-order chi connectivity index (χ1) is 7.61. The molecule has 82 valence electrons. The van der Waals surface area contributed by atoms with E-state index in [1.165, 1.54) is 18.2 Å². The summed E-state index contributed by atoms with van der Waals surface area (Å²) >= 11 is 5.40. The van der Waals surface area contributed by atoms with Crippen LogP contribution in [0.1, 0.15) is 0 Å². The Hall–Kier alpha value is -0.490. The molecule has 0 atom stereocenters. The summed E-state index contributed by atoms with van der Waals surface area (Å²) in [6.07, 6.45) is 0. The maximum absolute atomic E-state index is 13.6. The van der Waals surface area contributed by atoms with Crippen LogP contribution in [0.2, 0.25) is 0 Å². The zero-order chi connectivity index (χ0) is 11.7. The van der Waals surface area contributed by atoms with Gasteiger partial charge in [0.1, 0.15) is 11.6 Å². The van der Waals surface area contributed by atoms with Crippen LogP contribution in [-0.2, 0) is 0 Å². The quantitative estimate of drug-likeness (QED) is 0.597. The second-order valence-corrected chi connectivity index (χ2v) is 5.13. The van der Waals surface area contributed by atoms with E-state index in [-0.39, 0.29) is 5.56 Å². The average molecular weight is 395 g/mol. The summed E-state index contributed by atoms with van der Waals surface area (Å²) in [7, 11) is 0. The number of benzene rings is 2. The molecule has 0 aliphatic rings. The van der Waals surface area contributed by atoms with Crippen molar-refractivity contribution in [1.82, 2.24) is 0 Å². The SMILES string of the molecule is Fc1cccc(F)c1-c1cccc(Br)c1I. The van der Waals surface area contributed by atoms with Crippen molar-refractivity contribution in [3.63, 3.8) is 0 Å². The molecule has 0 aromatic heterocycles. The maximum Gasteiger partial charge on any atom is 0.134 e. The number of rotatable bonds is 1. The number of halogens is 4. The van der Waals surface area contributed by atoms with Crippen LogP contribution in [-0.4, -0.2) is 0 Å². The summed E-state index contributed by atoms with van der Waals surface area (Å²) in [6, 6.07) is 9.18. The van der Waals surface area contributed by atoms with Crippen molar-refractivity contribution in [2.24, 2.45) is 0 Å². The fraction of sp³-hybridized carbons (Fsp3) is 0. The Morgan fingerprint density at radius 2 is 1.50 bits per heavy atom. The van der Waals surface area contributed by atoms with Crippen LogP contribution in [0.25, 0.3) is 11.1 Å². The largest absolute Gasteiger partial charge is 0.206 e. The van der Waals surface area contributed by atoms with Crippen molar-refractivity contribution in [2.75, 3.05) is 0 Å². The van der Waals surface area contributed by atoms with Gasteiger partial charge in [-0.05, 0) is 56.7 Å². The minimum absolute atomic E-state index is 0.0215. The van der Waals surface area contributed by atoms with E-state index in [9.17, 15) is 8.78 Å². The van der Waals surface area contributed by atoms with E-state index < -0.39 is 11.6 Å². The van der Waals surface area contributed by atoms with E-state index in [2.05, 4.69) is 38.5 Å². The lowest BCUT2D eigenvalue weighted by atomic mass is 10.0. The summed E-state index contributed by atoms with van der Waals surface area (Å²) in [5.74, 6) is -1.09. The van der Waals surface area contributed by atoms with Gasteiger partial charge in [0, 0.05) is 13.6 Å². The summed E-state index contributed by atoms with van der Waals surface area (Å²) < 4.78 is 28.8. The van der Waals surface area contributed by atoms with Crippen LogP contribution in [0, 0.1) is 15.2 Å². The molecule has 0 nitrogen and oxygen atoms in total. The van der Waals surface area contributed by atoms with Crippen molar-refractivity contribution >= 4 is 38.5 Å². The Bertz CT molecular complexity index is 520. The molecule has 0 spiro atoms. The van der Waals surface area contributed by atoms with Crippen LogP contribution >= 0.6 is 38.5 Å². The molecule has 2 aromatic rings. The number of hydrogen-bond donors (Lipinski definition) is 0. The Kier molecular flexibility index (Phi) is 3.59. The van der Waals surface area contributed by atoms with Crippen molar-refractivity contribution < 1.29 is 8.78 Å². The van der Waals surface area contributed by atoms with Gasteiger partial charge < -0.3 is 0 Å². The van der Waals surface area contributed by atoms with E-state index in [0.29, 0.717) is 5.56 Å². The molecular formula is C12H6BrF2I. The topological polar surface area (TPSA) is 0 Å². The van der Waals surface area contributed by atoms with Gasteiger partial charge in [0.15, 0.2) is 0 Å². The van der Waals surface area contributed by atoms with E-state index in [1.54, 1.807) is 12.1 Å². The minimum atomic E-state index is -0.545. The molecule has 2 rings (SSSR count). The third kappa shape index (κ3) is 2.13. The third-order valence-corrected chi connectivity index (χ3v) is 4.75. The predicted octanol–water partition coefficient (Wildman–Crippen LogP) is 5.00. The van der Waals surface area contributed by atoms with Crippen molar-refractivity contribution in [1.29, 1.82) is 0 Å². The smallest absolute Gasteiger partial charge is 0.134 e. The van der Waals surface area contributed by atoms with E-state index in [0.717, 1.165) is 8.04 Å². The van der Waals surface area contributed by atoms with E-state index in [1.807, 2.05) is 6.07 Å². The zero-order valence-electron chi connectivity index (χ0n) is 7.98. The van der Waals surface area contributed by atoms with E-state index in [4.69, 9.17) is 0 Å². The molecule has 0 aliphatic heterocycles. The van der Waals surface area contributed by atoms with Crippen LogP contribution < -0.4 is 0 Å². The summed E-state index contributed by atoms with van der Waals surface area (Å²) in [5.41, 5.74) is 0.582. The van der Waals surface area contributed by atoms with Crippen LogP contribution in [0.5, 0.6) is 0 Å². The molecule has 0 saturated heterocycles. The standard InChI is InChI=1S/C12H6BrF2I/c13-8-4-1-3-7(12(8)16)11-9(14)5-2-6-10(11)15/h1-6H. The van der Waals surface area contributed by atoms with Gasteiger partial charge in [-0.3, -0.25) is 0 Å². The minimum Gasteiger partial charge on any atom is -0.206 e. The molecule has 0 bridgehead atoms. The van der Waals surface area contributed by atoms with Gasteiger partial charge in [-0.15, -0.1) is 0 Å². The molecule has 0 amide bonds. The van der Waals surface area contributed by atoms with E-state index >= 15 is 0 Å². The highest BCUT2D eigenvalue weighted by molar-refractivity contribution is 14.1. The molecule has 0 radical (unpaired) electrons. The highest BCUT2D eigenvalue weighted by Gasteiger charge is 2.14. The highest BCUT2D eigenvalue weighted by Crippen LogP contribution is 2.33. The summed E-state index contributed by atoms with van der Waals surface area (Å²) in [4.78, 5) is 0. The fourth-order valence-corrected chi connectivity index (χ4v) is 2.45. The normalized spacial score (nSPS) is 10.5. The molecule has 16 heavy (non-hydrogen) atoms. The lowest BCUT2D eigenvalue weighted by Gasteiger charge is -2.08. The maximum atomic E-state index is 13.6. The Labute approximate surface area is 114 Å². The molecule has 0 unspecified atom stereocenters. The molecule has 2 aromatic carbocycles. The average Bonchev–Trinajstić information content (AvgIpc) is 2.24. The molecule has 4 heteroatoms. The molecule has 0 saturated carbocycles. The summed E-state index contributed by atoms with van der Waals surface area (Å²) in [6.45, 7) is 0. The monoisotopic (exact) mass is 394 g/mol. The van der Waals surface area contributed by atoms with Gasteiger partial charge in [0.05, 0.1) is 5.56 Å². The second-order valence-electron chi connectivity index (χ2n) is 3.20. The molecule has 0 heterocycles. The van der Waals surface area contributed by atoms with Crippen molar-refractivity contribution in [3.05, 3.63) is 56.1 Å². The van der Waals surface area contributed by atoms with Crippen molar-refractivity contribution in [2.45, 2.75) is 0 Å². The van der Waals surface area contributed by atoms with Gasteiger partial charge in [-0.2, -0.15) is 0 Å². The lowest BCUT2D eigenvalue weighted by molar-refractivity contribution is 0.589. The zero-order valence-corrected chi connectivity index (χ0v) is 11.7. The Morgan fingerprint density at radius 1 is 0.938 bits per heavy atom. The first-order valence-electron chi connectivity index (χ1n) is 4.49. The lowest BCUT2D eigenvalue weighted by Crippen LogP contribution is -1.92. The highest BCUT2D eigenvalue weighted by atomic mass is 127. The fourth-order valence-electron chi connectivity index (χ4n) is 1.45. The van der Waals surface area contributed by atoms with Gasteiger partial charge in [-0.1, -0.05) is 18.2 Å². The summed E-state index contributed by atoms with van der Waals surface area (Å²) in [5, 5.41) is 0. The molecule has 0 fully saturated rings. The Balaban J connectivity index is 2.73. The molecule has 0 aliphatic carbocycles. The Morgan fingerprint density at radius 3 is 2.12 bits per heavy atom. The van der Waals surface area contributed by atoms with Crippen molar-refractivity contribution in [3.8, 4) is 11.1 Å². The first-order valence-corrected chi connectivity index (χ1v) is 6.37. The van der Waals surface area contributed by atoms with Crippen LogP contribution in [0.15, 0.2) is 40.9 Å². The number of hydrogen-bond acceptors (Lipinski definition) is 0. The predicted molar refractivity (Wildman–Crippen MR) is 72.2 cm³/mol. The van der Waals surface area contributed by atoms with Gasteiger partial charge in [0.25, 0.3) is 0 Å².